The highest BCUT2D eigenvalue weighted by molar-refractivity contribution is 5.55. The molecule has 0 aliphatic carbocycles. The van der Waals surface area contributed by atoms with Crippen LogP contribution >= 0.6 is 0 Å². The molecule has 0 aliphatic rings. The summed E-state index contributed by atoms with van der Waals surface area (Å²) in [5, 5.41) is 10.5. The Balaban J connectivity index is 3.15. The normalized spacial score (nSPS) is 12.7. The van der Waals surface area contributed by atoms with Crippen LogP contribution in [0.4, 0.5) is 0 Å². The summed E-state index contributed by atoms with van der Waals surface area (Å²) < 4.78 is 0. The van der Waals surface area contributed by atoms with Crippen LogP contribution in [0.15, 0.2) is 5.18 Å². The molecular weight excluding hydrogens is 98.0 g/mol. The largest absolute Gasteiger partial charge is 0.384 e. The molecule has 0 spiro atoms. The second kappa shape index (κ2) is 3.42. The van der Waals surface area contributed by atoms with Crippen LogP contribution in [-0.4, -0.2) is 24.0 Å². The minimum absolute atomic E-state index is 0.265. The molecule has 4 heteroatoms. The zero-order valence-corrected chi connectivity index (χ0v) is 3.57. The van der Waals surface area contributed by atoms with Crippen molar-refractivity contribution in [1.29, 1.82) is 0 Å². The molecule has 0 saturated carbocycles. The maximum absolute atomic E-state index is 9.45. The molecule has 0 aromatic heterocycles. The van der Waals surface area contributed by atoms with Crippen LogP contribution in [0.2, 0.25) is 0 Å². The summed E-state index contributed by atoms with van der Waals surface area (Å²) in [6, 6.07) is 0. The van der Waals surface area contributed by atoms with Crippen LogP contribution in [0, 0.1) is 4.91 Å². The van der Waals surface area contributed by atoms with Gasteiger partial charge in [-0.3, -0.25) is 0 Å². The van der Waals surface area contributed by atoms with E-state index in [9.17, 15) is 9.70 Å². The molecule has 40 valence electrons. The second-order valence-electron chi connectivity index (χ2n) is 1.02. The van der Waals surface area contributed by atoms with Gasteiger partial charge in [0.05, 0.1) is 0 Å². The summed E-state index contributed by atoms with van der Waals surface area (Å²) in [6.07, 6.45) is -0.945. The molecule has 1 unspecified atom stereocenters. The van der Waals surface area contributed by atoms with Gasteiger partial charge in [-0.1, -0.05) is 5.18 Å². The standard InChI is InChI=1S/C3H5NO3/c5-2-3(6)1-4-7/h2-3,6H,1H2. The molecule has 0 amide bonds. The van der Waals surface area contributed by atoms with Crippen molar-refractivity contribution >= 4 is 6.29 Å². The van der Waals surface area contributed by atoms with Crippen LogP contribution in [0.3, 0.4) is 0 Å². The van der Waals surface area contributed by atoms with Gasteiger partial charge in [0.1, 0.15) is 12.6 Å². The smallest absolute Gasteiger partial charge is 0.150 e. The Morgan fingerprint density at radius 1 is 1.86 bits per heavy atom. The number of aldehydes is 1. The van der Waals surface area contributed by atoms with Gasteiger partial charge in [0.25, 0.3) is 0 Å². The van der Waals surface area contributed by atoms with Crippen LogP contribution in [0.25, 0.3) is 0 Å². The Kier molecular flexibility index (Phi) is 3.04. The van der Waals surface area contributed by atoms with E-state index in [-0.39, 0.29) is 12.8 Å². The van der Waals surface area contributed by atoms with Gasteiger partial charge < -0.3 is 9.90 Å². The number of carbonyl (C=O) groups excluding carboxylic acids is 1. The van der Waals surface area contributed by atoms with E-state index in [4.69, 9.17) is 5.11 Å². The third-order valence-corrected chi connectivity index (χ3v) is 0.419. The van der Waals surface area contributed by atoms with E-state index in [1.165, 1.54) is 0 Å². The maximum Gasteiger partial charge on any atom is 0.150 e. The SMILES string of the molecule is O=CC(O)CN=O. The van der Waals surface area contributed by atoms with E-state index in [1.54, 1.807) is 0 Å². The minimum atomic E-state index is -1.21. The molecule has 7 heavy (non-hydrogen) atoms. The lowest BCUT2D eigenvalue weighted by Crippen LogP contribution is -2.10. The molecule has 0 aromatic rings. The lowest BCUT2D eigenvalue weighted by atomic mass is 10.4. The Labute approximate surface area is 40.1 Å². The van der Waals surface area contributed by atoms with E-state index in [2.05, 4.69) is 5.18 Å². The van der Waals surface area contributed by atoms with Gasteiger partial charge >= 0.3 is 0 Å². The fourth-order valence-electron chi connectivity index (χ4n) is 0.119. The number of nitroso groups, excluding NO2 is 1. The number of aliphatic hydroxyl groups excluding tert-OH is 1. The van der Waals surface area contributed by atoms with Gasteiger partial charge in [-0.25, -0.2) is 0 Å². The fourth-order valence-corrected chi connectivity index (χ4v) is 0.119. The third kappa shape index (κ3) is 3.05. The summed E-state index contributed by atoms with van der Waals surface area (Å²) >= 11 is 0. The first-order valence-corrected chi connectivity index (χ1v) is 1.73. The van der Waals surface area contributed by atoms with Crippen molar-refractivity contribution in [2.75, 3.05) is 6.54 Å². The molecule has 0 bridgehead atoms. The van der Waals surface area contributed by atoms with Gasteiger partial charge in [-0.15, -0.1) is 0 Å². The van der Waals surface area contributed by atoms with Crippen LogP contribution in [0.1, 0.15) is 0 Å². The predicted octanol–water partition coefficient (Wildman–Crippen LogP) is -0.687. The molecule has 0 fully saturated rings. The molecular formula is C3H5NO3. The van der Waals surface area contributed by atoms with Crippen LogP contribution in [-0.2, 0) is 4.79 Å². The highest BCUT2D eigenvalue weighted by Crippen LogP contribution is 1.74. The number of carbonyl (C=O) groups is 1. The van der Waals surface area contributed by atoms with Crippen molar-refractivity contribution in [3.05, 3.63) is 4.91 Å². The van der Waals surface area contributed by atoms with E-state index in [1.807, 2.05) is 0 Å². The van der Waals surface area contributed by atoms with E-state index >= 15 is 0 Å². The maximum atomic E-state index is 9.45. The lowest BCUT2D eigenvalue weighted by molar-refractivity contribution is -0.114. The Bertz CT molecular complexity index is 72.6. The van der Waals surface area contributed by atoms with Crippen molar-refractivity contribution < 1.29 is 9.90 Å². The molecule has 0 saturated heterocycles. The summed E-state index contributed by atoms with van der Waals surface area (Å²) in [6.45, 7) is -0.344. The average Bonchev–Trinajstić information content (AvgIpc) is 1.68. The Hall–Kier alpha value is -0.770. The summed E-state index contributed by atoms with van der Waals surface area (Å²) in [5.41, 5.74) is 0. The average molecular weight is 103 g/mol. The number of rotatable bonds is 3. The van der Waals surface area contributed by atoms with Gasteiger partial charge in [-0.2, -0.15) is 4.91 Å². The van der Waals surface area contributed by atoms with Crippen molar-refractivity contribution in [2.24, 2.45) is 5.18 Å². The van der Waals surface area contributed by atoms with Crippen molar-refractivity contribution in [3.63, 3.8) is 0 Å². The summed E-state index contributed by atoms with van der Waals surface area (Å²) in [4.78, 5) is 18.7. The first-order valence-electron chi connectivity index (χ1n) is 1.73. The number of hydrogen-bond donors (Lipinski definition) is 1. The molecule has 0 rings (SSSR count). The van der Waals surface area contributed by atoms with Crippen LogP contribution in [0.5, 0.6) is 0 Å². The van der Waals surface area contributed by atoms with Gasteiger partial charge in [0.2, 0.25) is 0 Å². The predicted molar refractivity (Wildman–Crippen MR) is 22.7 cm³/mol. The number of aliphatic hydroxyl groups is 1. The first kappa shape index (κ1) is 6.23. The summed E-state index contributed by atoms with van der Waals surface area (Å²) in [7, 11) is 0. The van der Waals surface area contributed by atoms with E-state index in [0.717, 1.165) is 0 Å². The van der Waals surface area contributed by atoms with Crippen molar-refractivity contribution in [3.8, 4) is 0 Å². The highest BCUT2D eigenvalue weighted by atomic mass is 16.3. The van der Waals surface area contributed by atoms with Gasteiger partial charge in [0, 0.05) is 0 Å². The molecule has 0 heterocycles. The summed E-state index contributed by atoms with van der Waals surface area (Å²) in [5.74, 6) is 0. The molecule has 4 nitrogen and oxygen atoms in total. The third-order valence-electron chi connectivity index (χ3n) is 0.419. The van der Waals surface area contributed by atoms with E-state index in [0.29, 0.717) is 0 Å². The number of hydrogen-bond acceptors (Lipinski definition) is 4. The lowest BCUT2D eigenvalue weighted by Gasteiger charge is -1.87. The number of nitrogens with zero attached hydrogens (tertiary/aromatic N) is 1. The molecule has 0 aromatic carbocycles. The Morgan fingerprint density at radius 2 is 2.43 bits per heavy atom. The Morgan fingerprint density at radius 3 is 2.57 bits per heavy atom. The van der Waals surface area contributed by atoms with Crippen LogP contribution < -0.4 is 0 Å². The molecule has 0 aliphatic heterocycles. The molecule has 1 N–H and O–H groups in total. The van der Waals surface area contributed by atoms with Crippen molar-refractivity contribution in [2.45, 2.75) is 6.10 Å². The topological polar surface area (TPSA) is 66.7 Å². The first-order chi connectivity index (χ1) is 3.31. The zero-order valence-electron chi connectivity index (χ0n) is 3.57. The van der Waals surface area contributed by atoms with Gasteiger partial charge in [0.15, 0.2) is 6.29 Å². The zero-order chi connectivity index (χ0) is 5.70. The van der Waals surface area contributed by atoms with Gasteiger partial charge in [-0.05, 0) is 0 Å². The van der Waals surface area contributed by atoms with Crippen molar-refractivity contribution in [1.82, 2.24) is 0 Å². The highest BCUT2D eigenvalue weighted by Gasteiger charge is 1.96. The molecule has 0 radical (unpaired) electrons. The minimum Gasteiger partial charge on any atom is -0.384 e. The molecule has 1 atom stereocenters. The monoisotopic (exact) mass is 103 g/mol. The fraction of sp³-hybridized carbons (Fsp3) is 0.667. The second-order valence-corrected chi connectivity index (χ2v) is 1.02. The quantitative estimate of drug-likeness (QED) is 0.380. The van der Waals surface area contributed by atoms with E-state index < -0.39 is 6.10 Å².